The molecule has 1 heterocycles. The standard InChI is InChI=1S/C14H18N2OS/c1-2-18-11-8-7-10(9-11)15-14-16-12-5-3-4-6-13(12)17-14/h3-6,10-11H,2,7-9H2,1H3,(H,15,16). The summed E-state index contributed by atoms with van der Waals surface area (Å²) in [7, 11) is 0. The number of aromatic nitrogens is 1. The predicted molar refractivity (Wildman–Crippen MR) is 77.2 cm³/mol. The zero-order chi connectivity index (χ0) is 12.4. The molecular weight excluding hydrogens is 244 g/mol. The maximum atomic E-state index is 5.70. The number of anilines is 1. The molecule has 4 heteroatoms. The second-order valence-corrected chi connectivity index (χ2v) is 6.30. The summed E-state index contributed by atoms with van der Waals surface area (Å²) in [5.74, 6) is 1.21. The first-order chi connectivity index (χ1) is 8.85. The molecule has 3 nitrogen and oxygen atoms in total. The number of hydrogen-bond donors (Lipinski definition) is 1. The Morgan fingerprint density at radius 2 is 2.28 bits per heavy atom. The number of oxazole rings is 1. The van der Waals surface area contributed by atoms with Gasteiger partial charge in [-0.2, -0.15) is 16.7 Å². The van der Waals surface area contributed by atoms with Crippen LogP contribution in [0.3, 0.4) is 0 Å². The van der Waals surface area contributed by atoms with Gasteiger partial charge >= 0.3 is 0 Å². The zero-order valence-electron chi connectivity index (χ0n) is 10.6. The highest BCUT2D eigenvalue weighted by Gasteiger charge is 2.25. The summed E-state index contributed by atoms with van der Waals surface area (Å²) in [6.07, 6.45) is 3.74. The van der Waals surface area contributed by atoms with Crippen LogP contribution in [0.4, 0.5) is 6.01 Å². The summed E-state index contributed by atoms with van der Waals surface area (Å²) >= 11 is 2.07. The van der Waals surface area contributed by atoms with Crippen LogP contribution in [0.25, 0.3) is 11.1 Å². The third-order valence-corrected chi connectivity index (χ3v) is 4.64. The van der Waals surface area contributed by atoms with Crippen molar-refractivity contribution < 1.29 is 4.42 Å². The van der Waals surface area contributed by atoms with Gasteiger partial charge in [-0.3, -0.25) is 0 Å². The number of benzene rings is 1. The first-order valence-corrected chi connectivity index (χ1v) is 7.63. The number of hydrogen-bond acceptors (Lipinski definition) is 4. The number of para-hydroxylation sites is 2. The number of fused-ring (bicyclic) bond motifs is 1. The van der Waals surface area contributed by atoms with Gasteiger partial charge < -0.3 is 9.73 Å². The summed E-state index contributed by atoms with van der Waals surface area (Å²) in [6.45, 7) is 2.23. The summed E-state index contributed by atoms with van der Waals surface area (Å²) in [5.41, 5.74) is 1.79. The Balaban J connectivity index is 1.66. The molecule has 0 saturated heterocycles. The van der Waals surface area contributed by atoms with Gasteiger partial charge in [-0.05, 0) is 37.1 Å². The van der Waals surface area contributed by atoms with Crippen LogP contribution in [0.2, 0.25) is 0 Å². The van der Waals surface area contributed by atoms with Crippen LogP contribution in [0, 0.1) is 0 Å². The lowest BCUT2D eigenvalue weighted by Crippen LogP contribution is -2.16. The van der Waals surface area contributed by atoms with Crippen LogP contribution < -0.4 is 5.32 Å². The second-order valence-electron chi connectivity index (χ2n) is 4.72. The molecule has 1 aromatic carbocycles. The van der Waals surface area contributed by atoms with Crippen LogP contribution in [0.5, 0.6) is 0 Å². The number of nitrogens with zero attached hydrogens (tertiary/aromatic N) is 1. The molecule has 0 bridgehead atoms. The average Bonchev–Trinajstić information content (AvgIpc) is 2.96. The third-order valence-electron chi connectivity index (χ3n) is 3.41. The van der Waals surface area contributed by atoms with Crippen molar-refractivity contribution in [1.82, 2.24) is 4.98 Å². The molecule has 0 amide bonds. The van der Waals surface area contributed by atoms with Crippen LogP contribution in [0.1, 0.15) is 26.2 Å². The van der Waals surface area contributed by atoms with E-state index in [0.717, 1.165) is 16.3 Å². The molecule has 3 rings (SSSR count). The van der Waals surface area contributed by atoms with Gasteiger partial charge in [-0.25, -0.2) is 0 Å². The minimum Gasteiger partial charge on any atom is -0.424 e. The van der Waals surface area contributed by atoms with Gasteiger partial charge in [0, 0.05) is 11.3 Å². The molecule has 1 saturated carbocycles. The van der Waals surface area contributed by atoms with Crippen LogP contribution >= 0.6 is 11.8 Å². The molecule has 96 valence electrons. The van der Waals surface area contributed by atoms with E-state index in [-0.39, 0.29) is 0 Å². The van der Waals surface area contributed by atoms with Gasteiger partial charge in [-0.1, -0.05) is 19.1 Å². The van der Waals surface area contributed by atoms with Gasteiger partial charge in [0.15, 0.2) is 5.58 Å². The molecule has 2 atom stereocenters. The van der Waals surface area contributed by atoms with Gasteiger partial charge in [0.1, 0.15) is 5.52 Å². The fourth-order valence-electron chi connectivity index (χ4n) is 2.57. The first kappa shape index (κ1) is 11.9. The fourth-order valence-corrected chi connectivity index (χ4v) is 3.71. The van der Waals surface area contributed by atoms with Gasteiger partial charge in [0.25, 0.3) is 6.01 Å². The van der Waals surface area contributed by atoms with E-state index >= 15 is 0 Å². The van der Waals surface area contributed by atoms with E-state index in [1.165, 1.54) is 25.0 Å². The highest BCUT2D eigenvalue weighted by Crippen LogP contribution is 2.31. The maximum absolute atomic E-state index is 5.70. The summed E-state index contributed by atoms with van der Waals surface area (Å²) in [4.78, 5) is 4.46. The monoisotopic (exact) mass is 262 g/mol. The Labute approximate surface area is 111 Å². The Kier molecular flexibility index (Phi) is 3.46. The van der Waals surface area contributed by atoms with E-state index in [1.54, 1.807) is 0 Å². The van der Waals surface area contributed by atoms with Crippen molar-refractivity contribution >= 4 is 28.9 Å². The second kappa shape index (κ2) is 5.22. The van der Waals surface area contributed by atoms with Crippen molar-refractivity contribution in [2.75, 3.05) is 11.1 Å². The van der Waals surface area contributed by atoms with E-state index in [0.29, 0.717) is 12.1 Å². The van der Waals surface area contributed by atoms with Crippen molar-refractivity contribution in [3.8, 4) is 0 Å². The molecule has 2 unspecified atom stereocenters. The normalized spacial score (nSPS) is 23.6. The zero-order valence-corrected chi connectivity index (χ0v) is 11.4. The highest BCUT2D eigenvalue weighted by molar-refractivity contribution is 7.99. The molecule has 1 aliphatic rings. The third kappa shape index (κ3) is 2.48. The van der Waals surface area contributed by atoms with Gasteiger partial charge in [0.2, 0.25) is 0 Å². The smallest absolute Gasteiger partial charge is 0.295 e. The van der Waals surface area contributed by atoms with Crippen LogP contribution in [-0.4, -0.2) is 22.0 Å². The maximum Gasteiger partial charge on any atom is 0.295 e. The lowest BCUT2D eigenvalue weighted by molar-refractivity contribution is 0.594. The highest BCUT2D eigenvalue weighted by atomic mass is 32.2. The van der Waals surface area contributed by atoms with E-state index < -0.39 is 0 Å². The summed E-state index contributed by atoms with van der Waals surface area (Å²) in [6, 6.07) is 9.08. The van der Waals surface area contributed by atoms with Crippen molar-refractivity contribution in [2.24, 2.45) is 0 Å². The van der Waals surface area contributed by atoms with Crippen LogP contribution in [-0.2, 0) is 0 Å². The van der Waals surface area contributed by atoms with Crippen molar-refractivity contribution in [3.63, 3.8) is 0 Å². The topological polar surface area (TPSA) is 38.1 Å². The van der Waals surface area contributed by atoms with E-state index in [9.17, 15) is 0 Å². The van der Waals surface area contributed by atoms with E-state index in [1.807, 2.05) is 24.3 Å². The minimum absolute atomic E-state index is 0.516. The Morgan fingerprint density at radius 1 is 1.39 bits per heavy atom. The molecule has 2 aromatic rings. The molecule has 0 radical (unpaired) electrons. The molecule has 1 fully saturated rings. The predicted octanol–water partition coefficient (Wildman–Crippen LogP) is 3.91. The summed E-state index contributed by atoms with van der Waals surface area (Å²) in [5, 5.41) is 4.23. The first-order valence-electron chi connectivity index (χ1n) is 6.59. The quantitative estimate of drug-likeness (QED) is 0.906. The minimum atomic E-state index is 0.516. The fraction of sp³-hybridized carbons (Fsp3) is 0.500. The lowest BCUT2D eigenvalue weighted by atomic mass is 10.3. The molecule has 1 aliphatic carbocycles. The molecule has 0 spiro atoms. The average molecular weight is 262 g/mol. The molecule has 18 heavy (non-hydrogen) atoms. The molecular formula is C14H18N2OS. The van der Waals surface area contributed by atoms with Crippen molar-refractivity contribution in [1.29, 1.82) is 0 Å². The molecule has 1 aromatic heterocycles. The Hall–Kier alpha value is -1.16. The number of thioether (sulfide) groups is 1. The largest absolute Gasteiger partial charge is 0.424 e. The van der Waals surface area contributed by atoms with Crippen molar-refractivity contribution in [2.45, 2.75) is 37.5 Å². The van der Waals surface area contributed by atoms with Crippen molar-refractivity contribution in [3.05, 3.63) is 24.3 Å². The Morgan fingerprint density at radius 3 is 3.11 bits per heavy atom. The number of nitrogens with one attached hydrogen (secondary N) is 1. The van der Waals surface area contributed by atoms with Gasteiger partial charge in [-0.15, -0.1) is 0 Å². The molecule has 0 aliphatic heterocycles. The van der Waals surface area contributed by atoms with E-state index in [2.05, 4.69) is 29.0 Å². The summed E-state index contributed by atoms with van der Waals surface area (Å²) < 4.78 is 5.70. The lowest BCUT2D eigenvalue weighted by Gasteiger charge is -2.10. The van der Waals surface area contributed by atoms with Gasteiger partial charge in [0.05, 0.1) is 0 Å². The van der Waals surface area contributed by atoms with E-state index in [4.69, 9.17) is 4.42 Å². The Bertz CT molecular complexity index is 492. The van der Waals surface area contributed by atoms with Crippen LogP contribution in [0.15, 0.2) is 28.7 Å². The molecule has 1 N–H and O–H groups in total. The SMILES string of the molecule is CCSC1CCC(Nc2nc3ccccc3o2)C1. The number of rotatable bonds is 4.